The van der Waals surface area contributed by atoms with Crippen LogP contribution in [0.1, 0.15) is 53.6 Å². The quantitative estimate of drug-likeness (QED) is 0.112. The van der Waals surface area contributed by atoms with E-state index in [0.29, 0.717) is 17.7 Å². The van der Waals surface area contributed by atoms with E-state index in [-0.39, 0.29) is 17.5 Å². The number of esters is 1. The first kappa shape index (κ1) is 24.9. The number of azide groups is 1. The fourth-order valence-electron chi connectivity index (χ4n) is 5.28. The Kier molecular flexibility index (Phi) is 6.53. The van der Waals surface area contributed by atoms with E-state index in [2.05, 4.69) is 15.0 Å². The van der Waals surface area contributed by atoms with Crippen LogP contribution in [-0.4, -0.2) is 39.8 Å². The van der Waals surface area contributed by atoms with E-state index < -0.39 is 29.4 Å². The largest absolute Gasteiger partial charge is 0.451 e. The van der Waals surface area contributed by atoms with Gasteiger partial charge in [-0.25, -0.2) is 4.79 Å². The second-order valence-electron chi connectivity index (χ2n) is 10.0. The number of carbonyl (C=O) groups is 3. The summed E-state index contributed by atoms with van der Waals surface area (Å²) in [5, 5.41) is 3.10. The highest BCUT2D eigenvalue weighted by atomic mass is 16.5. The zero-order valence-corrected chi connectivity index (χ0v) is 20.9. The lowest BCUT2D eigenvalue weighted by Gasteiger charge is -2.41. The van der Waals surface area contributed by atoms with Crippen molar-refractivity contribution in [2.24, 2.45) is 10.5 Å². The maximum absolute atomic E-state index is 13.7. The Morgan fingerprint density at radius 1 is 1.11 bits per heavy atom. The average molecular weight is 508 g/mol. The minimum atomic E-state index is -0.752. The summed E-state index contributed by atoms with van der Waals surface area (Å²) in [6, 6.07) is 20.9. The number of nitrogens with zero attached hydrogens (tertiary/aromatic N) is 5. The van der Waals surface area contributed by atoms with Gasteiger partial charge in [0.25, 0.3) is 5.91 Å². The highest BCUT2D eigenvalue weighted by molar-refractivity contribution is 6.08. The average Bonchev–Trinajstić information content (AvgIpc) is 3.19. The number of hydrogen-bond donors (Lipinski definition) is 0. The van der Waals surface area contributed by atoms with Crippen LogP contribution in [0.4, 0.5) is 0 Å². The van der Waals surface area contributed by atoms with Crippen molar-refractivity contribution in [3.05, 3.63) is 117 Å². The van der Waals surface area contributed by atoms with Crippen LogP contribution in [0.3, 0.4) is 0 Å². The smallest absolute Gasteiger partial charge is 0.330 e. The number of fused-ring (bicyclic) bond motifs is 1. The Labute approximate surface area is 219 Å². The molecule has 3 aromatic rings. The highest BCUT2D eigenvalue weighted by Gasteiger charge is 2.61. The number of hydrogen-bond acceptors (Lipinski definition) is 5. The van der Waals surface area contributed by atoms with Crippen LogP contribution in [0.5, 0.6) is 0 Å². The van der Waals surface area contributed by atoms with Crippen molar-refractivity contribution in [3.63, 3.8) is 0 Å². The maximum atomic E-state index is 13.7. The molecule has 0 aliphatic carbocycles. The molecule has 2 fully saturated rings. The lowest BCUT2D eigenvalue weighted by atomic mass is 9.83. The molecule has 2 atom stereocenters. The molecule has 2 aromatic carbocycles. The zero-order valence-electron chi connectivity index (χ0n) is 20.9. The second-order valence-corrected chi connectivity index (χ2v) is 10.0. The summed E-state index contributed by atoms with van der Waals surface area (Å²) < 4.78 is 6.12. The first-order chi connectivity index (χ1) is 18.3. The fourth-order valence-corrected chi connectivity index (χ4v) is 5.28. The number of carbonyl (C=O) groups excluding carboxylic acids is 3. The number of pyridine rings is 1. The number of β-lactam (4-membered cyclic amide) rings is 1. The molecule has 9 nitrogen and oxygen atoms in total. The van der Waals surface area contributed by atoms with Crippen molar-refractivity contribution in [1.82, 2.24) is 9.88 Å². The molecule has 38 heavy (non-hydrogen) atoms. The minimum Gasteiger partial charge on any atom is -0.451 e. The Morgan fingerprint density at radius 3 is 2.34 bits per heavy atom. The normalized spacial score (nSPS) is 20.4. The van der Waals surface area contributed by atoms with E-state index in [9.17, 15) is 14.4 Å². The van der Waals surface area contributed by atoms with Crippen LogP contribution in [0.25, 0.3) is 16.5 Å². The van der Waals surface area contributed by atoms with Crippen LogP contribution in [-0.2, 0) is 14.3 Å². The van der Waals surface area contributed by atoms with Gasteiger partial charge in [-0.2, -0.15) is 0 Å². The number of aromatic nitrogens is 1. The van der Waals surface area contributed by atoms with Gasteiger partial charge in [0.1, 0.15) is 6.04 Å². The van der Waals surface area contributed by atoms with Gasteiger partial charge in [-0.1, -0.05) is 74.5 Å². The summed E-state index contributed by atoms with van der Waals surface area (Å²) in [5.41, 5.74) is 10.8. The lowest BCUT2D eigenvalue weighted by molar-refractivity contribution is -0.162. The molecule has 0 radical (unpaired) electrons. The summed E-state index contributed by atoms with van der Waals surface area (Å²) in [4.78, 5) is 47.2. The molecule has 2 aliphatic rings. The van der Waals surface area contributed by atoms with Crippen molar-refractivity contribution in [2.45, 2.75) is 38.5 Å². The SMILES string of the molecule is CC1(C)CC2/C(=C\c3cc(C(=O)N=[N+]=[N-])ccn3)C(=O)N2[C@H]1C(=O)OC(c1ccccc1)c1ccccc1. The Hall–Kier alpha value is -4.75. The highest BCUT2D eigenvalue weighted by Crippen LogP contribution is 2.50. The fraction of sp³-hybridized carbons (Fsp3) is 0.241. The Balaban J connectivity index is 1.40. The summed E-state index contributed by atoms with van der Waals surface area (Å²) in [6.45, 7) is 3.92. The molecular weight excluding hydrogens is 482 g/mol. The Bertz CT molecular complexity index is 1440. The topological polar surface area (TPSA) is 125 Å². The van der Waals surface area contributed by atoms with Crippen molar-refractivity contribution >= 4 is 23.9 Å². The third kappa shape index (κ3) is 4.55. The molecule has 2 amide bonds. The van der Waals surface area contributed by atoms with E-state index in [1.54, 1.807) is 11.0 Å². The summed E-state index contributed by atoms with van der Waals surface area (Å²) in [6.07, 6.45) is 3.01. The van der Waals surface area contributed by atoms with Gasteiger partial charge in [0, 0.05) is 22.2 Å². The van der Waals surface area contributed by atoms with Gasteiger partial charge in [-0.3, -0.25) is 14.6 Å². The van der Waals surface area contributed by atoms with Gasteiger partial charge in [-0.05, 0) is 51.8 Å². The van der Waals surface area contributed by atoms with E-state index in [1.165, 1.54) is 18.3 Å². The number of ether oxygens (including phenoxy) is 1. The molecule has 5 rings (SSSR count). The van der Waals surface area contributed by atoms with Crippen LogP contribution < -0.4 is 0 Å². The molecule has 2 saturated heterocycles. The Morgan fingerprint density at radius 2 is 1.74 bits per heavy atom. The first-order valence-electron chi connectivity index (χ1n) is 12.2. The number of rotatable bonds is 6. The molecule has 0 bridgehead atoms. The zero-order chi connectivity index (χ0) is 26.9. The van der Waals surface area contributed by atoms with E-state index in [4.69, 9.17) is 10.3 Å². The van der Waals surface area contributed by atoms with Crippen molar-refractivity contribution in [1.29, 1.82) is 0 Å². The summed E-state index contributed by atoms with van der Waals surface area (Å²) in [7, 11) is 0. The van der Waals surface area contributed by atoms with Gasteiger partial charge in [0.15, 0.2) is 6.10 Å². The van der Waals surface area contributed by atoms with E-state index in [1.807, 2.05) is 74.5 Å². The lowest BCUT2D eigenvalue weighted by Crippen LogP contribution is -2.58. The van der Waals surface area contributed by atoms with Gasteiger partial charge in [0.05, 0.1) is 11.7 Å². The molecule has 9 heteroatoms. The van der Waals surface area contributed by atoms with Crippen LogP contribution >= 0.6 is 0 Å². The molecule has 0 spiro atoms. The van der Waals surface area contributed by atoms with Crippen LogP contribution in [0.2, 0.25) is 0 Å². The monoisotopic (exact) mass is 507 g/mol. The molecule has 1 aromatic heterocycles. The predicted octanol–water partition coefficient (Wildman–Crippen LogP) is 5.26. The first-order valence-corrected chi connectivity index (χ1v) is 12.2. The molecule has 2 aliphatic heterocycles. The van der Waals surface area contributed by atoms with Crippen molar-refractivity contribution in [3.8, 4) is 0 Å². The third-order valence-electron chi connectivity index (χ3n) is 7.04. The number of benzene rings is 2. The molecule has 3 heterocycles. The van der Waals surface area contributed by atoms with Crippen LogP contribution in [0.15, 0.2) is 89.7 Å². The standard InChI is InChI=1S/C29H25N5O4/c1-29(2)17-23-22(16-21-15-20(13-14-31-21)26(35)32-33-30)27(36)34(23)25(29)28(37)38-24(18-9-5-3-6-10-18)19-11-7-4-8-12-19/h3-16,23-25H,17H2,1-2H3/b22-16+/t23?,25-/m0/s1. The maximum Gasteiger partial charge on any atom is 0.330 e. The van der Waals surface area contributed by atoms with Gasteiger partial charge >= 0.3 is 5.97 Å². The third-order valence-corrected chi connectivity index (χ3v) is 7.04. The number of amides is 2. The molecule has 0 N–H and O–H groups in total. The molecule has 1 unspecified atom stereocenters. The molecular formula is C29H25N5O4. The van der Waals surface area contributed by atoms with Crippen molar-refractivity contribution < 1.29 is 19.1 Å². The van der Waals surface area contributed by atoms with Gasteiger partial charge in [-0.15, -0.1) is 0 Å². The van der Waals surface area contributed by atoms with Gasteiger partial charge in [0.2, 0.25) is 5.91 Å². The van der Waals surface area contributed by atoms with Gasteiger partial charge < -0.3 is 9.64 Å². The van der Waals surface area contributed by atoms with Crippen molar-refractivity contribution in [2.75, 3.05) is 0 Å². The molecule has 0 saturated carbocycles. The minimum absolute atomic E-state index is 0.175. The molecule has 190 valence electrons. The summed E-state index contributed by atoms with van der Waals surface area (Å²) >= 11 is 0. The van der Waals surface area contributed by atoms with Crippen LogP contribution in [0, 0.1) is 5.41 Å². The van der Waals surface area contributed by atoms with E-state index in [0.717, 1.165) is 11.1 Å². The van der Waals surface area contributed by atoms with E-state index >= 15 is 0 Å². The predicted molar refractivity (Wildman–Crippen MR) is 139 cm³/mol. The second kappa shape index (κ2) is 9.95. The summed E-state index contributed by atoms with van der Waals surface area (Å²) in [5.74, 6) is -1.46.